The minimum absolute atomic E-state index is 0.274. The highest BCUT2D eigenvalue weighted by Gasteiger charge is 2.26. The maximum absolute atomic E-state index is 12.7. The van der Waals surface area contributed by atoms with Gasteiger partial charge in [-0.3, -0.25) is 4.68 Å². The van der Waals surface area contributed by atoms with E-state index in [-0.39, 0.29) is 5.97 Å². The van der Waals surface area contributed by atoms with E-state index in [4.69, 9.17) is 17.0 Å². The average Bonchev–Trinajstić information content (AvgIpc) is 3.26. The zero-order valence-electron chi connectivity index (χ0n) is 18.7. The van der Waals surface area contributed by atoms with Gasteiger partial charge in [-0.2, -0.15) is 5.10 Å². The number of nitrogens with zero attached hydrogens (tertiary/aromatic N) is 2. The third-order valence-corrected chi connectivity index (χ3v) is 6.91. The summed E-state index contributed by atoms with van der Waals surface area (Å²) in [4.78, 5) is 13.9. The van der Waals surface area contributed by atoms with Crippen molar-refractivity contribution in [1.82, 2.24) is 9.78 Å². The number of esters is 1. The number of thiocarbonyl (C=S) groups is 1. The first kappa shape index (κ1) is 22.5. The number of anilines is 2. The van der Waals surface area contributed by atoms with E-state index in [2.05, 4.69) is 40.9 Å². The molecule has 1 aliphatic carbocycles. The van der Waals surface area contributed by atoms with Crippen LogP contribution < -0.4 is 10.6 Å². The Morgan fingerprint density at radius 3 is 2.78 bits per heavy atom. The number of hydrogen-bond acceptors (Lipinski definition) is 5. The lowest BCUT2D eigenvalue weighted by Crippen LogP contribution is -2.20. The predicted molar refractivity (Wildman–Crippen MR) is 134 cm³/mol. The summed E-state index contributed by atoms with van der Waals surface area (Å²) in [5, 5.41) is 12.3. The number of hydrogen-bond donors (Lipinski definition) is 2. The van der Waals surface area contributed by atoms with Gasteiger partial charge < -0.3 is 15.4 Å². The molecule has 0 saturated carbocycles. The Morgan fingerprint density at radius 1 is 1.22 bits per heavy atom. The van der Waals surface area contributed by atoms with E-state index >= 15 is 0 Å². The molecule has 0 bridgehead atoms. The lowest BCUT2D eigenvalue weighted by atomic mass is 9.95. The molecule has 32 heavy (non-hydrogen) atoms. The van der Waals surface area contributed by atoms with E-state index in [9.17, 15) is 4.79 Å². The van der Waals surface area contributed by atoms with E-state index in [0.29, 0.717) is 23.8 Å². The van der Waals surface area contributed by atoms with Crippen molar-refractivity contribution in [1.29, 1.82) is 0 Å². The van der Waals surface area contributed by atoms with Crippen molar-refractivity contribution in [3.63, 3.8) is 0 Å². The summed E-state index contributed by atoms with van der Waals surface area (Å²) in [6.07, 6.45) is 4.17. The molecule has 0 radical (unpaired) electrons. The molecule has 0 atom stereocenters. The van der Waals surface area contributed by atoms with Crippen LogP contribution in [0.2, 0.25) is 0 Å². The Hall–Kier alpha value is -2.71. The second-order valence-electron chi connectivity index (χ2n) is 8.00. The average molecular weight is 469 g/mol. The third kappa shape index (κ3) is 5.02. The Kier molecular flexibility index (Phi) is 6.91. The van der Waals surface area contributed by atoms with E-state index in [0.717, 1.165) is 58.9 Å². The van der Waals surface area contributed by atoms with Crippen molar-refractivity contribution < 1.29 is 9.53 Å². The molecular weight excluding hydrogens is 440 g/mol. The van der Waals surface area contributed by atoms with Crippen molar-refractivity contribution >= 4 is 45.3 Å². The summed E-state index contributed by atoms with van der Waals surface area (Å²) >= 11 is 7.19. The Morgan fingerprint density at radius 2 is 2.03 bits per heavy atom. The number of benzene rings is 1. The number of carbonyl (C=O) groups is 1. The van der Waals surface area contributed by atoms with Gasteiger partial charge in [-0.25, -0.2) is 4.79 Å². The van der Waals surface area contributed by atoms with E-state index in [1.54, 1.807) is 11.3 Å². The number of rotatable bonds is 6. The molecule has 6 nitrogen and oxygen atoms in total. The van der Waals surface area contributed by atoms with Crippen LogP contribution in [-0.4, -0.2) is 27.5 Å². The maximum atomic E-state index is 12.7. The van der Waals surface area contributed by atoms with Gasteiger partial charge in [0.1, 0.15) is 5.00 Å². The zero-order valence-corrected chi connectivity index (χ0v) is 20.3. The quantitative estimate of drug-likeness (QED) is 0.369. The Bertz CT molecular complexity index is 1150. The smallest absolute Gasteiger partial charge is 0.341 e. The fourth-order valence-electron chi connectivity index (χ4n) is 4.09. The number of thiophene rings is 1. The van der Waals surface area contributed by atoms with Crippen molar-refractivity contribution in [2.75, 3.05) is 17.2 Å². The fourth-order valence-corrected chi connectivity index (χ4v) is 5.66. The van der Waals surface area contributed by atoms with Crippen molar-refractivity contribution in [2.24, 2.45) is 0 Å². The highest BCUT2D eigenvalue weighted by atomic mass is 32.1. The molecule has 3 aromatic rings. The van der Waals surface area contributed by atoms with Crippen LogP contribution in [0.3, 0.4) is 0 Å². The second kappa shape index (κ2) is 9.83. The molecule has 8 heteroatoms. The van der Waals surface area contributed by atoms with Gasteiger partial charge in [0.05, 0.1) is 24.4 Å². The molecule has 1 aromatic carbocycles. The first-order chi connectivity index (χ1) is 15.4. The van der Waals surface area contributed by atoms with Crippen molar-refractivity contribution in [2.45, 2.75) is 53.0 Å². The molecule has 4 rings (SSSR count). The van der Waals surface area contributed by atoms with Crippen LogP contribution in [0.5, 0.6) is 0 Å². The summed E-state index contributed by atoms with van der Waals surface area (Å²) in [7, 11) is 0. The Balaban J connectivity index is 1.49. The van der Waals surface area contributed by atoms with Gasteiger partial charge in [0.15, 0.2) is 5.11 Å². The van der Waals surface area contributed by atoms with Crippen LogP contribution >= 0.6 is 23.6 Å². The summed E-state index contributed by atoms with van der Waals surface area (Å²) < 4.78 is 7.33. The van der Waals surface area contributed by atoms with Crippen LogP contribution in [0.1, 0.15) is 57.5 Å². The van der Waals surface area contributed by atoms with Gasteiger partial charge in [0.25, 0.3) is 0 Å². The molecule has 168 valence electrons. The molecule has 2 heterocycles. The van der Waals surface area contributed by atoms with Gasteiger partial charge >= 0.3 is 5.97 Å². The number of carbonyl (C=O) groups excluding carboxylic acids is 1. The number of fused-ring (bicyclic) bond motifs is 1. The third-order valence-electron chi connectivity index (χ3n) is 5.50. The molecular formula is C24H28N4O2S2. The monoisotopic (exact) mass is 468 g/mol. The highest BCUT2D eigenvalue weighted by Crippen LogP contribution is 2.38. The summed E-state index contributed by atoms with van der Waals surface area (Å²) in [5.41, 5.74) is 5.93. The van der Waals surface area contributed by atoms with E-state index in [1.165, 1.54) is 4.88 Å². The number of ether oxygens (including phenoxy) is 1. The molecule has 2 N–H and O–H groups in total. The summed E-state index contributed by atoms with van der Waals surface area (Å²) in [5.74, 6) is -0.274. The minimum atomic E-state index is -0.274. The lowest BCUT2D eigenvalue weighted by molar-refractivity contribution is 0.0526. The largest absolute Gasteiger partial charge is 0.462 e. The first-order valence-electron chi connectivity index (χ1n) is 10.9. The number of aromatic nitrogens is 2. The molecule has 0 fully saturated rings. The second-order valence-corrected chi connectivity index (χ2v) is 9.51. The standard InChI is InChI=1S/C24H28N4O2S2/c1-4-30-23(29)21-19-10-5-6-11-20(19)32-22(21)26-24(31)25-18-9-7-8-17(13-18)14-28-16(3)12-15(2)27-28/h7-9,12-13H,4-6,10-11,14H2,1-3H3,(H2,25,26,31). The van der Waals surface area contributed by atoms with Gasteiger partial charge in [0, 0.05) is 16.3 Å². The molecule has 2 aromatic heterocycles. The van der Waals surface area contributed by atoms with Crippen LogP contribution in [-0.2, 0) is 24.1 Å². The summed E-state index contributed by atoms with van der Waals surface area (Å²) in [6.45, 7) is 6.93. The molecule has 0 unspecified atom stereocenters. The molecule has 0 amide bonds. The van der Waals surface area contributed by atoms with Gasteiger partial charge in [-0.15, -0.1) is 11.3 Å². The van der Waals surface area contributed by atoms with Gasteiger partial charge in [0.2, 0.25) is 0 Å². The number of nitrogens with one attached hydrogen (secondary N) is 2. The van der Waals surface area contributed by atoms with E-state index in [1.807, 2.05) is 30.7 Å². The van der Waals surface area contributed by atoms with Crippen LogP contribution in [0.25, 0.3) is 0 Å². The topological polar surface area (TPSA) is 68.2 Å². The molecule has 0 aliphatic heterocycles. The van der Waals surface area contributed by atoms with Gasteiger partial charge in [-0.05, 0) is 88.0 Å². The zero-order chi connectivity index (χ0) is 22.7. The normalized spacial score (nSPS) is 12.8. The summed E-state index contributed by atoms with van der Waals surface area (Å²) in [6, 6.07) is 10.2. The fraction of sp³-hybridized carbons (Fsp3) is 0.375. The maximum Gasteiger partial charge on any atom is 0.341 e. The van der Waals surface area contributed by atoms with Crippen LogP contribution in [0.4, 0.5) is 10.7 Å². The Labute approximate surface area is 198 Å². The molecule has 0 saturated heterocycles. The SMILES string of the molecule is CCOC(=O)c1c(NC(=S)Nc2cccc(Cn3nc(C)cc3C)c2)sc2c1CCCC2. The van der Waals surface area contributed by atoms with E-state index < -0.39 is 0 Å². The molecule has 0 spiro atoms. The highest BCUT2D eigenvalue weighted by molar-refractivity contribution is 7.80. The molecule has 1 aliphatic rings. The van der Waals surface area contributed by atoms with Crippen LogP contribution in [0.15, 0.2) is 30.3 Å². The number of aryl methyl sites for hydroxylation is 3. The van der Waals surface area contributed by atoms with Crippen LogP contribution in [0, 0.1) is 13.8 Å². The first-order valence-corrected chi connectivity index (χ1v) is 12.2. The van der Waals surface area contributed by atoms with Crippen molar-refractivity contribution in [3.05, 3.63) is 63.3 Å². The minimum Gasteiger partial charge on any atom is -0.462 e. The lowest BCUT2D eigenvalue weighted by Gasteiger charge is -2.13. The van der Waals surface area contributed by atoms with Crippen molar-refractivity contribution in [3.8, 4) is 0 Å². The van der Waals surface area contributed by atoms with Gasteiger partial charge in [-0.1, -0.05) is 12.1 Å². The predicted octanol–water partition coefficient (Wildman–Crippen LogP) is 5.47.